The van der Waals surface area contributed by atoms with Gasteiger partial charge in [0.05, 0.1) is 5.02 Å². The summed E-state index contributed by atoms with van der Waals surface area (Å²) < 4.78 is 14.1. The first-order chi connectivity index (χ1) is 9.22. The van der Waals surface area contributed by atoms with Gasteiger partial charge in [0.1, 0.15) is 5.82 Å². The average Bonchev–Trinajstić information content (AvgIpc) is 2.91. The van der Waals surface area contributed by atoms with E-state index in [4.69, 9.17) is 11.6 Å². The number of halogens is 2. The van der Waals surface area contributed by atoms with Crippen LogP contribution in [-0.2, 0) is 6.42 Å². The summed E-state index contributed by atoms with van der Waals surface area (Å²) in [6, 6.07) is 7.24. The van der Waals surface area contributed by atoms with Crippen LogP contribution >= 0.6 is 22.9 Å². The molecule has 1 nitrogen and oxygen atoms in total. The fraction of sp³-hybridized carbons (Fsp3) is 0.333. The Morgan fingerprint density at radius 2 is 2.21 bits per heavy atom. The molecule has 1 N–H and O–H groups in total. The molecule has 0 bridgehead atoms. The van der Waals surface area contributed by atoms with Gasteiger partial charge in [-0.15, -0.1) is 0 Å². The zero-order valence-corrected chi connectivity index (χ0v) is 12.4. The van der Waals surface area contributed by atoms with Crippen molar-refractivity contribution in [1.82, 2.24) is 5.32 Å². The maximum Gasteiger partial charge on any atom is 0.146 e. The Morgan fingerprint density at radius 1 is 1.37 bits per heavy atom. The van der Waals surface area contributed by atoms with Crippen LogP contribution in [0.4, 0.5) is 4.39 Å². The van der Waals surface area contributed by atoms with Gasteiger partial charge < -0.3 is 5.32 Å². The Morgan fingerprint density at radius 3 is 2.89 bits per heavy atom. The second-order valence-corrected chi connectivity index (χ2v) is 5.67. The molecule has 1 aromatic carbocycles. The van der Waals surface area contributed by atoms with E-state index in [2.05, 4.69) is 23.7 Å². The molecular weight excluding hydrogens is 281 g/mol. The van der Waals surface area contributed by atoms with Gasteiger partial charge in [-0.05, 0) is 47.8 Å². The van der Waals surface area contributed by atoms with E-state index in [1.165, 1.54) is 5.56 Å². The molecule has 4 heteroatoms. The second kappa shape index (κ2) is 7.04. The first-order valence-electron chi connectivity index (χ1n) is 6.40. The normalized spacial score (nSPS) is 12.6. The monoisotopic (exact) mass is 297 g/mol. The number of benzene rings is 1. The molecule has 0 radical (unpaired) electrons. The Bertz CT molecular complexity index is 513. The van der Waals surface area contributed by atoms with E-state index >= 15 is 0 Å². The molecule has 2 aromatic rings. The molecule has 0 spiro atoms. The molecule has 1 aromatic heterocycles. The van der Waals surface area contributed by atoms with Gasteiger partial charge >= 0.3 is 0 Å². The standard InChI is InChI=1S/C15H17ClFNS/c1-2-7-18-14(9-11-6-8-19-10-11)12-4-3-5-13(16)15(12)17/h3-6,8,10,14,18H,2,7,9H2,1H3. The molecule has 2 rings (SSSR count). The van der Waals surface area contributed by atoms with Crippen molar-refractivity contribution in [1.29, 1.82) is 0 Å². The van der Waals surface area contributed by atoms with Crippen LogP contribution in [-0.4, -0.2) is 6.54 Å². The van der Waals surface area contributed by atoms with Crippen molar-refractivity contribution in [3.63, 3.8) is 0 Å². The van der Waals surface area contributed by atoms with Crippen LogP contribution in [0.2, 0.25) is 5.02 Å². The fourth-order valence-electron chi connectivity index (χ4n) is 2.04. The molecule has 0 fully saturated rings. The van der Waals surface area contributed by atoms with Crippen molar-refractivity contribution < 1.29 is 4.39 Å². The molecule has 1 heterocycles. The van der Waals surface area contributed by atoms with Gasteiger partial charge in [0.25, 0.3) is 0 Å². The maximum atomic E-state index is 14.1. The fourth-order valence-corrected chi connectivity index (χ4v) is 2.91. The third-order valence-corrected chi connectivity index (χ3v) is 4.04. The van der Waals surface area contributed by atoms with Gasteiger partial charge in [-0.3, -0.25) is 0 Å². The highest BCUT2D eigenvalue weighted by Gasteiger charge is 2.17. The van der Waals surface area contributed by atoms with E-state index < -0.39 is 0 Å². The molecule has 102 valence electrons. The number of thiophene rings is 1. The molecule has 0 saturated heterocycles. The molecular formula is C15H17ClFNS. The summed E-state index contributed by atoms with van der Waals surface area (Å²) in [5, 5.41) is 7.73. The number of hydrogen-bond acceptors (Lipinski definition) is 2. The molecule has 1 unspecified atom stereocenters. The zero-order chi connectivity index (χ0) is 13.7. The lowest BCUT2D eigenvalue weighted by Crippen LogP contribution is -2.25. The summed E-state index contributed by atoms with van der Waals surface area (Å²) in [7, 11) is 0. The van der Waals surface area contributed by atoms with E-state index in [1.54, 1.807) is 29.5 Å². The third kappa shape index (κ3) is 3.78. The minimum Gasteiger partial charge on any atom is -0.310 e. The minimum atomic E-state index is -0.312. The Kier molecular flexibility index (Phi) is 5.37. The highest BCUT2D eigenvalue weighted by atomic mass is 35.5. The van der Waals surface area contributed by atoms with Crippen LogP contribution in [0.15, 0.2) is 35.0 Å². The lowest BCUT2D eigenvalue weighted by atomic mass is 10.00. The Labute approximate surface area is 122 Å². The molecule has 0 saturated carbocycles. The summed E-state index contributed by atoms with van der Waals surface area (Å²) in [4.78, 5) is 0. The number of hydrogen-bond donors (Lipinski definition) is 1. The van der Waals surface area contributed by atoms with Crippen LogP contribution in [0.1, 0.15) is 30.5 Å². The van der Waals surface area contributed by atoms with Crippen molar-refractivity contribution in [3.05, 3.63) is 57.0 Å². The summed E-state index contributed by atoms with van der Waals surface area (Å²) >= 11 is 7.53. The maximum absolute atomic E-state index is 14.1. The predicted octanol–water partition coefficient (Wildman–Crippen LogP) is 4.82. The van der Waals surface area contributed by atoms with Crippen molar-refractivity contribution in [2.75, 3.05) is 6.54 Å². The second-order valence-electron chi connectivity index (χ2n) is 4.49. The van der Waals surface area contributed by atoms with Gasteiger partial charge in [-0.1, -0.05) is 30.7 Å². The lowest BCUT2D eigenvalue weighted by Gasteiger charge is -2.19. The largest absolute Gasteiger partial charge is 0.310 e. The topological polar surface area (TPSA) is 12.0 Å². The highest BCUT2D eigenvalue weighted by molar-refractivity contribution is 7.07. The Hall–Kier alpha value is -0.900. The van der Waals surface area contributed by atoms with Crippen LogP contribution in [0.25, 0.3) is 0 Å². The first kappa shape index (κ1) is 14.5. The smallest absolute Gasteiger partial charge is 0.146 e. The van der Waals surface area contributed by atoms with Crippen molar-refractivity contribution >= 4 is 22.9 Å². The highest BCUT2D eigenvalue weighted by Crippen LogP contribution is 2.26. The van der Waals surface area contributed by atoms with Crippen LogP contribution < -0.4 is 5.32 Å². The summed E-state index contributed by atoms with van der Waals surface area (Å²) in [6.07, 6.45) is 1.79. The van der Waals surface area contributed by atoms with E-state index in [9.17, 15) is 4.39 Å². The van der Waals surface area contributed by atoms with Gasteiger partial charge in [0.2, 0.25) is 0 Å². The van der Waals surface area contributed by atoms with Crippen molar-refractivity contribution in [3.8, 4) is 0 Å². The van der Waals surface area contributed by atoms with Crippen LogP contribution in [0, 0.1) is 5.82 Å². The van der Waals surface area contributed by atoms with Crippen LogP contribution in [0.3, 0.4) is 0 Å². The number of rotatable bonds is 6. The van der Waals surface area contributed by atoms with Gasteiger partial charge in [0.15, 0.2) is 0 Å². The van der Waals surface area contributed by atoms with Crippen molar-refractivity contribution in [2.45, 2.75) is 25.8 Å². The summed E-state index contributed by atoms with van der Waals surface area (Å²) in [5.41, 5.74) is 1.87. The number of nitrogens with one attached hydrogen (secondary N) is 1. The molecule has 0 aliphatic carbocycles. The quantitative estimate of drug-likeness (QED) is 0.806. The summed E-state index contributed by atoms with van der Waals surface area (Å²) in [6.45, 7) is 2.96. The van der Waals surface area contributed by atoms with E-state index in [0.29, 0.717) is 5.56 Å². The SMILES string of the molecule is CCCNC(Cc1ccsc1)c1cccc(Cl)c1F. The Balaban J connectivity index is 2.23. The third-order valence-electron chi connectivity index (χ3n) is 3.02. The van der Waals surface area contributed by atoms with Gasteiger partial charge in [0, 0.05) is 11.6 Å². The average molecular weight is 298 g/mol. The summed E-state index contributed by atoms with van der Waals surface area (Å²) in [5.74, 6) is -0.312. The van der Waals surface area contributed by atoms with E-state index in [0.717, 1.165) is 19.4 Å². The van der Waals surface area contributed by atoms with Crippen molar-refractivity contribution in [2.24, 2.45) is 0 Å². The minimum absolute atomic E-state index is 0.0340. The lowest BCUT2D eigenvalue weighted by molar-refractivity contribution is 0.497. The van der Waals surface area contributed by atoms with Crippen LogP contribution in [0.5, 0.6) is 0 Å². The van der Waals surface area contributed by atoms with Gasteiger partial charge in [-0.25, -0.2) is 4.39 Å². The molecule has 0 amide bonds. The first-order valence-corrected chi connectivity index (χ1v) is 7.72. The predicted molar refractivity (Wildman–Crippen MR) is 80.5 cm³/mol. The zero-order valence-electron chi connectivity index (χ0n) is 10.8. The molecule has 1 atom stereocenters. The molecule has 0 aliphatic rings. The van der Waals surface area contributed by atoms with E-state index in [1.807, 2.05) is 5.38 Å². The molecule has 0 aliphatic heterocycles. The van der Waals surface area contributed by atoms with Gasteiger partial charge in [-0.2, -0.15) is 11.3 Å². The molecule has 19 heavy (non-hydrogen) atoms. The van der Waals surface area contributed by atoms with E-state index in [-0.39, 0.29) is 16.9 Å².